The van der Waals surface area contributed by atoms with Crippen LogP contribution >= 0.6 is 11.1 Å². The Bertz CT molecular complexity index is 771. The summed E-state index contributed by atoms with van der Waals surface area (Å²) < 4.78 is 5.33. The Balaban J connectivity index is 4.59. The molecule has 0 bridgehead atoms. The van der Waals surface area contributed by atoms with E-state index in [1.165, 1.54) is 0 Å². The van der Waals surface area contributed by atoms with E-state index in [2.05, 4.69) is 154 Å². The summed E-state index contributed by atoms with van der Waals surface area (Å²) in [7, 11) is -8.08. The van der Waals surface area contributed by atoms with Crippen LogP contribution in [-0.2, 0) is 0 Å². The van der Waals surface area contributed by atoms with Gasteiger partial charge < -0.3 is 4.34 Å². The van der Waals surface area contributed by atoms with Gasteiger partial charge in [0.2, 0.25) is 0 Å². The number of hydrogen-bond donors (Lipinski definition) is 0. The maximum absolute atomic E-state index is 8.19. The lowest BCUT2D eigenvalue weighted by atomic mass is 10.2. The van der Waals surface area contributed by atoms with Crippen LogP contribution in [-0.4, -0.2) is 32.9 Å². The summed E-state index contributed by atoms with van der Waals surface area (Å²) in [6, 6.07) is 0. The molecule has 1 rings (SSSR count). The number of nitrogens with zero attached hydrogens (tertiary/aromatic N) is 4. The molecule has 0 spiro atoms. The van der Waals surface area contributed by atoms with Crippen molar-refractivity contribution in [1.29, 1.82) is 0 Å². The van der Waals surface area contributed by atoms with Crippen LogP contribution in [0.4, 0.5) is 0 Å². The Kier molecular flexibility index (Phi) is 8.37. The van der Waals surface area contributed by atoms with Crippen LogP contribution in [0.2, 0.25) is 35.3 Å². The van der Waals surface area contributed by atoms with Crippen molar-refractivity contribution in [3.8, 4) is 0 Å². The second-order valence-electron chi connectivity index (χ2n) is 18.6. The van der Waals surface area contributed by atoms with Crippen LogP contribution in [0.1, 0.15) is 145 Å². The maximum atomic E-state index is 8.19. The molecule has 0 saturated carbocycles. The minimum atomic E-state index is -2.79. The summed E-state index contributed by atoms with van der Waals surface area (Å²) in [6.45, 7) is 50.9. The van der Waals surface area contributed by atoms with Gasteiger partial charge >= 0.3 is 0 Å². The zero-order chi connectivity index (χ0) is 29.6. The van der Waals surface area contributed by atoms with Crippen molar-refractivity contribution in [3.63, 3.8) is 0 Å². The Morgan fingerprint density at radius 2 is 0.694 bits per heavy atom. The fraction of sp³-hybridized carbons (Fsp3) is 1.00. The number of hydrogen-bond acceptors (Lipinski definition) is 4. The Hall–Kier alpha value is 0.141. The fourth-order valence-corrected chi connectivity index (χ4v) is 42.1. The first kappa shape index (κ1) is 34.2. The lowest BCUT2D eigenvalue weighted by Crippen LogP contribution is -2.84. The third kappa shape index (κ3) is 4.42. The van der Waals surface area contributed by atoms with E-state index in [0.717, 1.165) is 0 Å². The lowest BCUT2D eigenvalue weighted by Gasteiger charge is -2.70. The molecule has 214 valence electrons. The summed E-state index contributed by atoms with van der Waals surface area (Å²) in [4.78, 5) is 0. The van der Waals surface area contributed by atoms with Gasteiger partial charge in [0.05, 0.1) is 0 Å². The first-order valence-corrected chi connectivity index (χ1v) is 20.7. The summed E-state index contributed by atoms with van der Waals surface area (Å²) in [5.74, 6) is 0. The van der Waals surface area contributed by atoms with Crippen LogP contribution in [0.25, 0.3) is 0 Å². The van der Waals surface area contributed by atoms with Gasteiger partial charge in [-0.2, -0.15) is 0 Å². The van der Waals surface area contributed by atoms with E-state index < -0.39 is 24.2 Å². The molecule has 0 atom stereocenters. The predicted octanol–water partition coefficient (Wildman–Crippen LogP) is 11.6. The smallest absolute Gasteiger partial charge is 0.296 e. The minimum Gasteiger partial charge on any atom is -0.308 e. The molecule has 0 aromatic rings. The van der Waals surface area contributed by atoms with Crippen LogP contribution in [0.5, 0.6) is 0 Å². The van der Waals surface area contributed by atoms with Gasteiger partial charge in [-0.25, -0.2) is 0 Å². The van der Waals surface area contributed by atoms with Crippen molar-refractivity contribution in [2.45, 2.75) is 181 Å². The second-order valence-corrected chi connectivity index (χ2v) is 37.3. The first-order chi connectivity index (χ1) is 15.2. The molecular formula is C28H63ClN4Si3. The molecule has 1 aliphatic rings. The van der Waals surface area contributed by atoms with Crippen molar-refractivity contribution in [3.05, 3.63) is 0 Å². The lowest BCUT2D eigenvalue weighted by molar-refractivity contribution is 0.389. The Morgan fingerprint density at radius 3 is 0.889 bits per heavy atom. The average molecular weight is 576 g/mol. The summed E-state index contributed by atoms with van der Waals surface area (Å²) in [5, 5.41) is 10.6. The molecule has 0 amide bonds. The van der Waals surface area contributed by atoms with Crippen molar-refractivity contribution < 1.29 is 0 Å². The fourth-order valence-electron chi connectivity index (χ4n) is 9.38. The zero-order valence-corrected chi connectivity index (χ0v) is 31.9. The molecule has 1 aliphatic heterocycles. The summed E-state index contributed by atoms with van der Waals surface area (Å²) in [5.41, 5.74) is 0. The number of halogens is 1. The average Bonchev–Trinajstić information content (AvgIpc) is 2.88. The van der Waals surface area contributed by atoms with E-state index in [1.54, 1.807) is 0 Å². The molecule has 0 N–H and O–H groups in total. The van der Waals surface area contributed by atoms with E-state index in [-0.39, 0.29) is 35.3 Å². The van der Waals surface area contributed by atoms with Gasteiger partial charge in [-0.1, -0.05) is 156 Å². The van der Waals surface area contributed by atoms with Crippen LogP contribution in [0, 0.1) is 0 Å². The highest BCUT2D eigenvalue weighted by Crippen LogP contribution is 2.72. The highest BCUT2D eigenvalue weighted by Gasteiger charge is 2.79. The van der Waals surface area contributed by atoms with Crippen molar-refractivity contribution in [2.75, 3.05) is 0 Å². The standard InChI is InChI=1S/C28H63ClN4Si3/c1-22(2,3)34(23(4,5)6,24(7,8)9)32-30-31-33(35(29,25(10,11)12)26(13,14)15)36(32,27(16,17)18)28(19,20)21/h1-21H3. The maximum Gasteiger partial charge on any atom is 0.296 e. The van der Waals surface area contributed by atoms with Crippen LogP contribution < -0.4 is 0 Å². The van der Waals surface area contributed by atoms with Gasteiger partial charge in [0.1, 0.15) is 0 Å². The number of rotatable bonds is 2. The highest BCUT2D eigenvalue weighted by atomic mass is 35.6. The molecule has 36 heavy (non-hydrogen) atoms. The van der Waals surface area contributed by atoms with E-state index in [9.17, 15) is 0 Å². The van der Waals surface area contributed by atoms with E-state index in [0.29, 0.717) is 0 Å². The summed E-state index contributed by atoms with van der Waals surface area (Å²) in [6.07, 6.45) is 0. The van der Waals surface area contributed by atoms with Gasteiger partial charge in [-0.05, 0) is 35.3 Å². The quantitative estimate of drug-likeness (QED) is 0.242. The van der Waals surface area contributed by atoms with Crippen LogP contribution in [0.15, 0.2) is 10.4 Å². The van der Waals surface area contributed by atoms with Gasteiger partial charge in [0.25, 0.3) is 15.9 Å². The molecule has 1 heterocycles. The second kappa shape index (κ2) is 8.82. The molecule has 4 nitrogen and oxygen atoms in total. The molecular weight excluding hydrogens is 512 g/mol. The molecule has 0 fully saturated rings. The van der Waals surface area contributed by atoms with Crippen LogP contribution in [0.3, 0.4) is 0 Å². The molecule has 0 radical (unpaired) electrons. The Morgan fingerprint density at radius 1 is 0.444 bits per heavy atom. The monoisotopic (exact) mass is 574 g/mol. The normalized spacial score (nSPS) is 19.4. The molecule has 0 unspecified atom stereocenters. The van der Waals surface area contributed by atoms with Crippen molar-refractivity contribution in [2.24, 2.45) is 10.4 Å². The largest absolute Gasteiger partial charge is 0.308 e. The van der Waals surface area contributed by atoms with Gasteiger partial charge in [-0.15, -0.1) is 11.1 Å². The summed E-state index contributed by atoms with van der Waals surface area (Å²) >= 11 is 8.19. The van der Waals surface area contributed by atoms with E-state index >= 15 is 0 Å². The van der Waals surface area contributed by atoms with Gasteiger partial charge in [0, 0.05) is 0 Å². The highest BCUT2D eigenvalue weighted by molar-refractivity contribution is 7.25. The minimum absolute atomic E-state index is 0.0489. The van der Waals surface area contributed by atoms with E-state index in [4.69, 9.17) is 21.5 Å². The van der Waals surface area contributed by atoms with Gasteiger partial charge in [-0.3, -0.25) is 4.34 Å². The predicted molar refractivity (Wildman–Crippen MR) is 170 cm³/mol. The third-order valence-corrected chi connectivity index (χ3v) is 34.5. The molecule has 0 aromatic heterocycles. The molecule has 8 heteroatoms. The topological polar surface area (TPSA) is 31.2 Å². The first-order valence-electron chi connectivity index (χ1n) is 13.9. The molecule has 0 aromatic carbocycles. The van der Waals surface area contributed by atoms with E-state index in [1.807, 2.05) is 0 Å². The zero-order valence-electron chi connectivity index (χ0n) is 28.2. The van der Waals surface area contributed by atoms with Gasteiger partial charge in [0.15, 0.2) is 8.24 Å². The van der Waals surface area contributed by atoms with Crippen molar-refractivity contribution in [1.82, 2.24) is 8.68 Å². The van der Waals surface area contributed by atoms with Crippen molar-refractivity contribution >= 4 is 35.3 Å². The SMILES string of the molecule is CC(C)(C)[Si](Cl)(N1N=NN([Si](C(C)(C)C)(C(C)(C)C)C(C)(C)C)[Si]1(C(C)(C)C)C(C)(C)C)C(C)(C)C. The Labute approximate surface area is 234 Å². The molecule has 0 saturated heterocycles. The third-order valence-electron chi connectivity index (χ3n) is 8.78. The molecule has 0 aliphatic carbocycles.